The molecule has 1 unspecified atom stereocenters. The second-order valence-corrected chi connectivity index (χ2v) is 9.27. The van der Waals surface area contributed by atoms with Gasteiger partial charge in [-0.2, -0.15) is 0 Å². The molecule has 3 saturated heterocycles. The molecule has 1 aromatic rings. The third kappa shape index (κ3) is 3.62. The van der Waals surface area contributed by atoms with Gasteiger partial charge in [-0.1, -0.05) is 24.3 Å². The first-order valence-corrected chi connectivity index (χ1v) is 10.3. The number of piperidine rings is 3. The van der Waals surface area contributed by atoms with Crippen molar-refractivity contribution in [2.75, 3.05) is 19.6 Å². The summed E-state index contributed by atoms with van der Waals surface area (Å²) in [5, 5.41) is 2.89. The maximum Gasteiger partial charge on any atom is 0.408 e. The molecule has 28 heavy (non-hydrogen) atoms. The lowest BCUT2D eigenvalue weighted by Crippen LogP contribution is -2.57. The largest absolute Gasteiger partial charge is 0.459 e. The van der Waals surface area contributed by atoms with Gasteiger partial charge in [0.25, 0.3) is 0 Å². The van der Waals surface area contributed by atoms with Crippen LogP contribution in [0.2, 0.25) is 0 Å². The summed E-state index contributed by atoms with van der Waals surface area (Å²) in [6.45, 7) is 8.40. The molecule has 0 aromatic heterocycles. The second-order valence-electron chi connectivity index (χ2n) is 9.27. The Morgan fingerprint density at radius 2 is 1.89 bits per heavy atom. The van der Waals surface area contributed by atoms with E-state index in [4.69, 9.17) is 9.47 Å². The number of nitrogens with one attached hydrogen (secondary N) is 1. The fourth-order valence-electron chi connectivity index (χ4n) is 4.76. The van der Waals surface area contributed by atoms with Gasteiger partial charge >= 0.3 is 12.1 Å². The lowest BCUT2D eigenvalue weighted by Gasteiger charge is -2.45. The number of benzene rings is 1. The fourth-order valence-corrected chi connectivity index (χ4v) is 4.76. The standard InChI is InChI=1S/C22H30N2O4/c1-21(2,3)28-20(26)23-22(11-8-15-6-4-5-7-17(15)22)19(25)27-18-14-24-12-9-16(18)10-13-24/h4-7,16,18H,8-14H2,1-3H3,(H,23,26)/t18?,22-/m1/s1. The molecule has 1 aliphatic carbocycles. The number of nitrogens with zero attached hydrogens (tertiary/aromatic N) is 1. The third-order valence-electron chi connectivity index (χ3n) is 6.16. The zero-order chi connectivity index (χ0) is 19.9. The predicted molar refractivity (Wildman–Crippen MR) is 105 cm³/mol. The second kappa shape index (κ2) is 7.07. The summed E-state index contributed by atoms with van der Waals surface area (Å²) in [5.74, 6) is 0.0613. The Hall–Kier alpha value is -2.08. The number of fused-ring (bicyclic) bond motifs is 4. The van der Waals surface area contributed by atoms with Crippen LogP contribution >= 0.6 is 0 Å². The van der Waals surface area contributed by atoms with Gasteiger partial charge in [0.1, 0.15) is 11.7 Å². The summed E-state index contributed by atoms with van der Waals surface area (Å²) in [4.78, 5) is 28.4. The molecule has 6 heteroatoms. The molecule has 0 saturated carbocycles. The molecule has 3 aliphatic heterocycles. The average Bonchev–Trinajstić information content (AvgIpc) is 3.01. The minimum Gasteiger partial charge on any atom is -0.459 e. The first kappa shape index (κ1) is 19.2. The van der Waals surface area contributed by atoms with Crippen LogP contribution in [-0.4, -0.2) is 48.3 Å². The Bertz CT molecular complexity index is 764. The Labute approximate surface area is 166 Å². The zero-order valence-corrected chi connectivity index (χ0v) is 17.0. The van der Waals surface area contributed by atoms with E-state index in [1.54, 1.807) is 0 Å². The molecule has 5 rings (SSSR count). The SMILES string of the molecule is CC(C)(C)OC(=O)N[C@]1(C(=O)OC2CN3CCC2CC3)CCc2ccccc21. The summed E-state index contributed by atoms with van der Waals surface area (Å²) in [5.41, 5.74) is 0.0881. The van der Waals surface area contributed by atoms with Crippen LogP contribution in [-0.2, 0) is 26.2 Å². The lowest BCUT2D eigenvalue weighted by atomic mass is 9.85. The van der Waals surface area contributed by atoms with E-state index in [0.29, 0.717) is 12.3 Å². The van der Waals surface area contributed by atoms with Gasteiger partial charge in [0, 0.05) is 6.54 Å². The smallest absolute Gasteiger partial charge is 0.408 e. The molecule has 2 bridgehead atoms. The maximum absolute atomic E-state index is 13.5. The molecule has 3 fully saturated rings. The van der Waals surface area contributed by atoms with Crippen LogP contribution in [0.5, 0.6) is 0 Å². The van der Waals surface area contributed by atoms with Crippen molar-refractivity contribution in [1.82, 2.24) is 10.2 Å². The van der Waals surface area contributed by atoms with Gasteiger partial charge < -0.3 is 14.8 Å². The van der Waals surface area contributed by atoms with Crippen molar-refractivity contribution in [2.45, 2.75) is 63.7 Å². The van der Waals surface area contributed by atoms with Crippen molar-refractivity contribution in [3.8, 4) is 0 Å². The number of ether oxygens (including phenoxy) is 2. The van der Waals surface area contributed by atoms with E-state index in [9.17, 15) is 9.59 Å². The molecule has 1 amide bonds. The summed E-state index contributed by atoms with van der Waals surface area (Å²) in [6.07, 6.45) is 2.67. The van der Waals surface area contributed by atoms with E-state index in [-0.39, 0.29) is 12.1 Å². The molecule has 0 radical (unpaired) electrons. The number of rotatable bonds is 3. The monoisotopic (exact) mass is 386 g/mol. The molecular weight excluding hydrogens is 356 g/mol. The maximum atomic E-state index is 13.5. The van der Waals surface area contributed by atoms with Crippen LogP contribution in [0.3, 0.4) is 0 Å². The fraction of sp³-hybridized carbons (Fsp3) is 0.636. The summed E-state index contributed by atoms with van der Waals surface area (Å²) < 4.78 is 11.5. The average molecular weight is 386 g/mol. The quantitative estimate of drug-likeness (QED) is 0.809. The van der Waals surface area contributed by atoms with Crippen molar-refractivity contribution in [2.24, 2.45) is 5.92 Å². The normalized spacial score (nSPS) is 31.2. The van der Waals surface area contributed by atoms with Crippen molar-refractivity contribution in [3.63, 3.8) is 0 Å². The van der Waals surface area contributed by atoms with E-state index in [1.807, 2.05) is 45.0 Å². The Morgan fingerprint density at radius 3 is 2.54 bits per heavy atom. The van der Waals surface area contributed by atoms with Crippen molar-refractivity contribution < 1.29 is 19.1 Å². The number of hydrogen-bond acceptors (Lipinski definition) is 5. The van der Waals surface area contributed by atoms with Gasteiger partial charge in [0.2, 0.25) is 0 Å². The van der Waals surface area contributed by atoms with Crippen LogP contribution in [0.25, 0.3) is 0 Å². The number of hydrogen-bond donors (Lipinski definition) is 1. The summed E-state index contributed by atoms with van der Waals surface area (Å²) in [6, 6.07) is 7.78. The predicted octanol–water partition coefficient (Wildman–Crippen LogP) is 2.99. The zero-order valence-electron chi connectivity index (χ0n) is 17.0. The summed E-state index contributed by atoms with van der Waals surface area (Å²) in [7, 11) is 0. The van der Waals surface area contributed by atoms with Crippen LogP contribution in [0, 0.1) is 5.92 Å². The molecule has 4 aliphatic rings. The third-order valence-corrected chi connectivity index (χ3v) is 6.16. The highest BCUT2D eigenvalue weighted by Gasteiger charge is 2.50. The number of carbonyl (C=O) groups excluding carboxylic acids is 2. The van der Waals surface area contributed by atoms with Gasteiger partial charge in [-0.3, -0.25) is 4.90 Å². The first-order chi connectivity index (χ1) is 13.3. The van der Waals surface area contributed by atoms with Crippen molar-refractivity contribution >= 4 is 12.1 Å². The van der Waals surface area contributed by atoms with Gasteiger partial charge in [-0.25, -0.2) is 9.59 Å². The molecule has 6 nitrogen and oxygen atoms in total. The number of esters is 1. The highest BCUT2D eigenvalue weighted by atomic mass is 16.6. The summed E-state index contributed by atoms with van der Waals surface area (Å²) >= 11 is 0. The van der Waals surface area contributed by atoms with Gasteiger partial charge in [0.05, 0.1) is 0 Å². The number of amides is 1. The Balaban J connectivity index is 1.59. The molecule has 2 atom stereocenters. The van der Waals surface area contributed by atoms with E-state index in [1.165, 1.54) is 0 Å². The van der Waals surface area contributed by atoms with Gasteiger partial charge in [-0.15, -0.1) is 0 Å². The highest BCUT2D eigenvalue weighted by molar-refractivity contribution is 5.89. The van der Waals surface area contributed by atoms with E-state index < -0.39 is 17.2 Å². The van der Waals surface area contributed by atoms with Crippen molar-refractivity contribution in [3.05, 3.63) is 35.4 Å². The molecular formula is C22H30N2O4. The lowest BCUT2D eigenvalue weighted by molar-refractivity contribution is -0.167. The Morgan fingerprint density at radius 1 is 1.18 bits per heavy atom. The highest BCUT2D eigenvalue weighted by Crippen LogP contribution is 2.40. The van der Waals surface area contributed by atoms with Gasteiger partial charge in [0.15, 0.2) is 5.54 Å². The van der Waals surface area contributed by atoms with Gasteiger partial charge in [-0.05, 0) is 76.6 Å². The molecule has 1 N–H and O–H groups in total. The van der Waals surface area contributed by atoms with E-state index >= 15 is 0 Å². The number of carbonyl (C=O) groups is 2. The molecule has 1 aromatic carbocycles. The van der Waals surface area contributed by atoms with Crippen LogP contribution in [0.4, 0.5) is 4.79 Å². The van der Waals surface area contributed by atoms with E-state index in [0.717, 1.165) is 50.0 Å². The molecule has 3 heterocycles. The minimum absolute atomic E-state index is 0.0972. The number of aryl methyl sites for hydroxylation is 1. The van der Waals surface area contributed by atoms with Crippen molar-refractivity contribution in [1.29, 1.82) is 0 Å². The molecule has 152 valence electrons. The first-order valence-electron chi connectivity index (χ1n) is 10.3. The number of alkyl carbamates (subject to hydrolysis) is 1. The molecule has 0 spiro atoms. The topological polar surface area (TPSA) is 67.9 Å². The van der Waals surface area contributed by atoms with Crippen LogP contribution < -0.4 is 5.32 Å². The van der Waals surface area contributed by atoms with E-state index in [2.05, 4.69) is 10.2 Å². The van der Waals surface area contributed by atoms with Crippen LogP contribution in [0.15, 0.2) is 24.3 Å². The Kier molecular flexibility index (Phi) is 4.86. The van der Waals surface area contributed by atoms with Crippen LogP contribution in [0.1, 0.15) is 51.2 Å². The minimum atomic E-state index is -1.18.